The largest absolute Gasteiger partial charge is 0.391 e. The van der Waals surface area contributed by atoms with Crippen molar-refractivity contribution in [3.8, 4) is 6.07 Å². The first-order chi connectivity index (χ1) is 5.79. The summed E-state index contributed by atoms with van der Waals surface area (Å²) in [5.74, 6) is 0.492. The molecule has 2 saturated carbocycles. The second kappa shape index (κ2) is 2.74. The minimum atomic E-state index is -0.349. The first kappa shape index (κ1) is 8.07. The molecule has 2 aliphatic rings. The summed E-state index contributed by atoms with van der Waals surface area (Å²) in [6, 6.07) is 2.38. The average molecular weight is 165 g/mol. The molecule has 0 aromatic carbocycles. The van der Waals surface area contributed by atoms with Crippen molar-refractivity contribution in [1.29, 1.82) is 5.26 Å². The van der Waals surface area contributed by atoms with E-state index < -0.39 is 0 Å². The zero-order valence-electron chi connectivity index (χ0n) is 7.29. The van der Waals surface area contributed by atoms with Crippen molar-refractivity contribution in [2.75, 3.05) is 0 Å². The second-order valence-electron chi connectivity index (χ2n) is 4.19. The zero-order valence-corrected chi connectivity index (χ0v) is 7.29. The first-order valence-corrected chi connectivity index (χ1v) is 4.89. The molecule has 2 heteroatoms. The molecule has 2 aliphatic carbocycles. The summed E-state index contributed by atoms with van der Waals surface area (Å²) in [5, 5.41) is 18.9. The van der Waals surface area contributed by atoms with E-state index in [9.17, 15) is 5.11 Å². The molecule has 0 aromatic heterocycles. The van der Waals surface area contributed by atoms with Crippen molar-refractivity contribution < 1.29 is 5.11 Å². The van der Waals surface area contributed by atoms with E-state index in [1.165, 1.54) is 0 Å². The van der Waals surface area contributed by atoms with Gasteiger partial charge in [0.25, 0.3) is 0 Å². The van der Waals surface area contributed by atoms with Crippen LogP contribution in [0.5, 0.6) is 0 Å². The van der Waals surface area contributed by atoms with Gasteiger partial charge in [0, 0.05) is 0 Å². The van der Waals surface area contributed by atoms with Crippen molar-refractivity contribution in [2.24, 2.45) is 11.3 Å². The van der Waals surface area contributed by atoms with Crippen LogP contribution in [0.15, 0.2) is 0 Å². The van der Waals surface area contributed by atoms with Crippen LogP contribution >= 0.6 is 0 Å². The molecule has 1 N–H and O–H groups in total. The molecule has 0 spiro atoms. The van der Waals surface area contributed by atoms with E-state index >= 15 is 0 Å². The highest BCUT2D eigenvalue weighted by Crippen LogP contribution is 2.51. The van der Waals surface area contributed by atoms with Crippen LogP contribution in [0, 0.1) is 22.7 Å². The van der Waals surface area contributed by atoms with E-state index in [1.807, 2.05) is 0 Å². The fourth-order valence-electron chi connectivity index (χ4n) is 2.98. The minimum Gasteiger partial charge on any atom is -0.391 e. The normalized spacial score (nSPS) is 46.7. The smallest absolute Gasteiger partial charge is 0.0860 e. The van der Waals surface area contributed by atoms with E-state index in [1.54, 1.807) is 0 Å². The zero-order chi connectivity index (χ0) is 8.60. The van der Waals surface area contributed by atoms with Gasteiger partial charge in [-0.25, -0.2) is 0 Å². The van der Waals surface area contributed by atoms with Gasteiger partial charge in [-0.2, -0.15) is 5.26 Å². The summed E-state index contributed by atoms with van der Waals surface area (Å²) in [6.07, 6.45) is 5.97. The fourth-order valence-corrected chi connectivity index (χ4v) is 2.98. The molecule has 0 heterocycles. The van der Waals surface area contributed by atoms with Crippen LogP contribution in [-0.2, 0) is 0 Å². The van der Waals surface area contributed by atoms with Crippen LogP contribution in [0.4, 0.5) is 0 Å². The molecule has 2 fully saturated rings. The van der Waals surface area contributed by atoms with Gasteiger partial charge in [0.15, 0.2) is 0 Å². The number of hydrogen-bond donors (Lipinski definition) is 1. The van der Waals surface area contributed by atoms with Crippen LogP contribution in [0.25, 0.3) is 0 Å². The van der Waals surface area contributed by atoms with Crippen molar-refractivity contribution in [3.05, 3.63) is 0 Å². The number of aliphatic hydroxyl groups excluding tert-OH is 1. The van der Waals surface area contributed by atoms with E-state index in [0.717, 1.165) is 38.5 Å². The maximum atomic E-state index is 9.81. The Kier molecular flexibility index (Phi) is 1.84. The predicted octanol–water partition coefficient (Wildman–Crippen LogP) is 1.84. The van der Waals surface area contributed by atoms with Crippen LogP contribution < -0.4 is 0 Å². The molecular weight excluding hydrogens is 150 g/mol. The van der Waals surface area contributed by atoms with E-state index in [-0.39, 0.29) is 11.5 Å². The van der Waals surface area contributed by atoms with Crippen molar-refractivity contribution in [3.63, 3.8) is 0 Å². The summed E-state index contributed by atoms with van der Waals surface area (Å²) in [5.41, 5.74) is -0.349. The standard InChI is InChI=1S/C10H15NO/c11-7-10-6-2-4-8(10)3-1-5-9(10)12/h8-9,12H,1-6H2/t8-,9-,10+/m1/s1. The Bertz CT molecular complexity index is 220. The lowest BCUT2D eigenvalue weighted by atomic mass is 9.67. The molecule has 0 aromatic rings. The number of fused-ring (bicyclic) bond motifs is 1. The maximum absolute atomic E-state index is 9.81. The molecule has 0 radical (unpaired) electrons. The minimum absolute atomic E-state index is 0.344. The molecule has 3 atom stereocenters. The highest BCUT2D eigenvalue weighted by molar-refractivity contribution is 5.12. The molecule has 0 saturated heterocycles. The Hall–Kier alpha value is -0.550. The predicted molar refractivity (Wildman–Crippen MR) is 45.2 cm³/mol. The Balaban J connectivity index is 2.27. The number of hydrogen-bond acceptors (Lipinski definition) is 2. The van der Waals surface area contributed by atoms with Gasteiger partial charge < -0.3 is 5.11 Å². The van der Waals surface area contributed by atoms with Gasteiger partial charge in [0.05, 0.1) is 17.6 Å². The van der Waals surface area contributed by atoms with Gasteiger partial charge in [0.1, 0.15) is 0 Å². The molecule has 0 bridgehead atoms. The number of nitrogens with zero attached hydrogens (tertiary/aromatic N) is 1. The van der Waals surface area contributed by atoms with Gasteiger partial charge in [-0.1, -0.05) is 12.8 Å². The topological polar surface area (TPSA) is 44.0 Å². The van der Waals surface area contributed by atoms with Crippen LogP contribution in [-0.4, -0.2) is 11.2 Å². The number of aliphatic hydroxyl groups is 1. The lowest BCUT2D eigenvalue weighted by molar-refractivity contribution is 0.00121. The van der Waals surface area contributed by atoms with Crippen molar-refractivity contribution in [2.45, 2.75) is 44.6 Å². The lowest BCUT2D eigenvalue weighted by Crippen LogP contribution is -2.40. The summed E-state index contributed by atoms with van der Waals surface area (Å²) >= 11 is 0. The highest BCUT2D eigenvalue weighted by Gasteiger charge is 2.50. The average Bonchev–Trinajstić information content (AvgIpc) is 2.50. The Morgan fingerprint density at radius 1 is 1.25 bits per heavy atom. The van der Waals surface area contributed by atoms with E-state index in [2.05, 4.69) is 6.07 Å². The third kappa shape index (κ3) is 0.895. The van der Waals surface area contributed by atoms with Crippen LogP contribution in [0.1, 0.15) is 38.5 Å². The highest BCUT2D eigenvalue weighted by atomic mass is 16.3. The molecule has 2 rings (SSSR count). The third-order valence-electron chi connectivity index (χ3n) is 3.70. The molecular formula is C10H15NO. The van der Waals surface area contributed by atoms with Crippen molar-refractivity contribution >= 4 is 0 Å². The van der Waals surface area contributed by atoms with Crippen LogP contribution in [0.2, 0.25) is 0 Å². The third-order valence-corrected chi connectivity index (χ3v) is 3.70. The number of rotatable bonds is 0. The summed E-state index contributed by atoms with van der Waals surface area (Å²) in [7, 11) is 0. The first-order valence-electron chi connectivity index (χ1n) is 4.89. The lowest BCUT2D eigenvalue weighted by Gasteiger charge is -2.37. The molecule has 0 unspecified atom stereocenters. The Morgan fingerprint density at radius 3 is 2.67 bits per heavy atom. The second-order valence-corrected chi connectivity index (χ2v) is 4.19. The summed E-state index contributed by atoms with van der Waals surface area (Å²) < 4.78 is 0. The Labute approximate surface area is 73.2 Å². The van der Waals surface area contributed by atoms with E-state index in [0.29, 0.717) is 5.92 Å². The van der Waals surface area contributed by atoms with Gasteiger partial charge in [-0.05, 0) is 31.6 Å². The SMILES string of the molecule is N#C[C@@]12CCC[C@H]1CCC[C@H]2O. The molecule has 0 aliphatic heterocycles. The van der Waals surface area contributed by atoms with Crippen molar-refractivity contribution in [1.82, 2.24) is 0 Å². The molecule has 12 heavy (non-hydrogen) atoms. The van der Waals surface area contributed by atoms with Crippen LogP contribution in [0.3, 0.4) is 0 Å². The fraction of sp³-hybridized carbons (Fsp3) is 0.900. The van der Waals surface area contributed by atoms with Gasteiger partial charge in [0.2, 0.25) is 0 Å². The van der Waals surface area contributed by atoms with Gasteiger partial charge >= 0.3 is 0 Å². The van der Waals surface area contributed by atoms with Gasteiger partial charge in [-0.3, -0.25) is 0 Å². The quantitative estimate of drug-likeness (QED) is 0.595. The Morgan fingerprint density at radius 2 is 2.00 bits per heavy atom. The van der Waals surface area contributed by atoms with E-state index in [4.69, 9.17) is 5.26 Å². The number of nitriles is 1. The summed E-state index contributed by atoms with van der Waals surface area (Å²) in [6.45, 7) is 0. The monoisotopic (exact) mass is 165 g/mol. The molecule has 2 nitrogen and oxygen atoms in total. The molecule has 0 amide bonds. The maximum Gasteiger partial charge on any atom is 0.0860 e. The van der Waals surface area contributed by atoms with Gasteiger partial charge in [-0.15, -0.1) is 0 Å². The summed E-state index contributed by atoms with van der Waals surface area (Å²) in [4.78, 5) is 0. The molecule has 66 valence electrons.